The fourth-order valence-corrected chi connectivity index (χ4v) is 1.71. The van der Waals surface area contributed by atoms with Gasteiger partial charge in [0.1, 0.15) is 11.6 Å². The predicted octanol–water partition coefficient (Wildman–Crippen LogP) is 2.01. The van der Waals surface area contributed by atoms with Crippen LogP contribution in [0.15, 0.2) is 0 Å². The number of ether oxygens (including phenoxy) is 2. The Morgan fingerprint density at radius 2 is 2.06 bits per heavy atom. The molecule has 0 aromatic heterocycles. The highest BCUT2D eigenvalue weighted by molar-refractivity contribution is 5.84. The lowest BCUT2D eigenvalue weighted by molar-refractivity contribution is 0.0254. The van der Waals surface area contributed by atoms with Crippen molar-refractivity contribution in [3.05, 3.63) is 0 Å². The van der Waals surface area contributed by atoms with Gasteiger partial charge in [0.15, 0.2) is 0 Å². The second-order valence-corrected chi connectivity index (χ2v) is 4.90. The summed E-state index contributed by atoms with van der Waals surface area (Å²) in [6, 6.07) is -0.264. The van der Waals surface area contributed by atoms with Gasteiger partial charge in [0.25, 0.3) is 0 Å². The number of hydrogen-bond donors (Lipinski definition) is 1. The van der Waals surface area contributed by atoms with Crippen molar-refractivity contribution >= 4 is 12.0 Å². The van der Waals surface area contributed by atoms with Gasteiger partial charge in [-0.3, -0.25) is 10.3 Å². The van der Waals surface area contributed by atoms with E-state index in [4.69, 9.17) is 14.9 Å². The largest absolute Gasteiger partial charge is 0.483 e. The van der Waals surface area contributed by atoms with E-state index in [1.807, 2.05) is 20.8 Å². The molecule has 5 heteroatoms. The second-order valence-electron chi connectivity index (χ2n) is 4.90. The van der Waals surface area contributed by atoms with E-state index in [1.165, 1.54) is 7.11 Å². The quantitative estimate of drug-likeness (QED) is 0.551. The number of likely N-dealkylation sites (tertiary alicyclic amines) is 1. The molecule has 0 aliphatic carbocycles. The van der Waals surface area contributed by atoms with Gasteiger partial charge in [-0.1, -0.05) is 0 Å². The third-order valence-electron chi connectivity index (χ3n) is 2.40. The van der Waals surface area contributed by atoms with Crippen molar-refractivity contribution in [2.24, 2.45) is 0 Å². The zero-order chi connectivity index (χ0) is 12.3. The van der Waals surface area contributed by atoms with E-state index in [-0.39, 0.29) is 18.0 Å². The molecule has 0 aromatic rings. The molecule has 1 amide bonds. The Bertz CT molecular complexity index is 283. The standard InChI is InChI=1S/C11H20N2O3/c1-11(2,3)16-10(14)13-7-5-6-8(13)9(12)15-4/h8,12H,5-7H2,1-4H3. The summed E-state index contributed by atoms with van der Waals surface area (Å²) >= 11 is 0. The van der Waals surface area contributed by atoms with Crippen LogP contribution < -0.4 is 0 Å². The molecule has 0 radical (unpaired) electrons. The molecule has 92 valence electrons. The van der Waals surface area contributed by atoms with Crippen LogP contribution in [-0.2, 0) is 9.47 Å². The van der Waals surface area contributed by atoms with Gasteiger partial charge < -0.3 is 9.47 Å². The molecule has 0 saturated carbocycles. The van der Waals surface area contributed by atoms with E-state index in [0.29, 0.717) is 6.54 Å². The van der Waals surface area contributed by atoms with Crippen LogP contribution in [-0.4, -0.2) is 42.2 Å². The van der Waals surface area contributed by atoms with Gasteiger partial charge >= 0.3 is 6.09 Å². The maximum atomic E-state index is 11.8. The summed E-state index contributed by atoms with van der Waals surface area (Å²) in [5.41, 5.74) is -0.501. The number of nitrogens with one attached hydrogen (secondary N) is 1. The molecule has 1 atom stereocenters. The number of carbonyl (C=O) groups excluding carboxylic acids is 1. The first-order valence-corrected chi connectivity index (χ1v) is 5.47. The van der Waals surface area contributed by atoms with E-state index in [2.05, 4.69) is 0 Å². The molecule has 1 rings (SSSR count). The topological polar surface area (TPSA) is 62.6 Å². The van der Waals surface area contributed by atoms with Crippen LogP contribution in [0.4, 0.5) is 4.79 Å². The summed E-state index contributed by atoms with van der Waals surface area (Å²) in [5.74, 6) is 0.128. The number of carbonyl (C=O) groups is 1. The van der Waals surface area contributed by atoms with Gasteiger partial charge in [0, 0.05) is 6.54 Å². The van der Waals surface area contributed by atoms with Gasteiger partial charge in [-0.15, -0.1) is 0 Å². The minimum atomic E-state index is -0.501. The summed E-state index contributed by atoms with van der Waals surface area (Å²) in [5, 5.41) is 7.62. The highest BCUT2D eigenvalue weighted by Gasteiger charge is 2.35. The first-order chi connectivity index (χ1) is 7.35. The van der Waals surface area contributed by atoms with Gasteiger partial charge in [-0.2, -0.15) is 0 Å². The van der Waals surface area contributed by atoms with Gasteiger partial charge in [-0.25, -0.2) is 4.79 Å². The molecule has 5 nitrogen and oxygen atoms in total. The SMILES string of the molecule is COC(=N)C1CCCN1C(=O)OC(C)(C)C. The van der Waals surface area contributed by atoms with Crippen LogP contribution in [0.3, 0.4) is 0 Å². The molecule has 1 aliphatic heterocycles. The minimum Gasteiger partial charge on any atom is -0.483 e. The molecule has 1 fully saturated rings. The number of amides is 1. The van der Waals surface area contributed by atoms with Crippen molar-refractivity contribution in [3.8, 4) is 0 Å². The Kier molecular flexibility index (Phi) is 3.78. The molecule has 0 bridgehead atoms. The zero-order valence-electron chi connectivity index (χ0n) is 10.4. The van der Waals surface area contributed by atoms with Crippen molar-refractivity contribution in [2.75, 3.05) is 13.7 Å². The molecule has 1 heterocycles. The van der Waals surface area contributed by atoms with Gasteiger partial charge in [-0.05, 0) is 33.6 Å². The number of nitrogens with zero attached hydrogens (tertiary/aromatic N) is 1. The number of hydrogen-bond acceptors (Lipinski definition) is 4. The first kappa shape index (κ1) is 12.8. The van der Waals surface area contributed by atoms with Crippen molar-refractivity contribution in [1.82, 2.24) is 4.90 Å². The Hall–Kier alpha value is -1.26. The third-order valence-corrected chi connectivity index (χ3v) is 2.40. The van der Waals surface area contributed by atoms with E-state index in [1.54, 1.807) is 4.90 Å². The molecule has 0 aromatic carbocycles. The average Bonchev–Trinajstić information content (AvgIpc) is 2.62. The van der Waals surface area contributed by atoms with E-state index < -0.39 is 5.60 Å². The normalized spacial score (nSPS) is 20.8. The Morgan fingerprint density at radius 1 is 1.44 bits per heavy atom. The van der Waals surface area contributed by atoms with Crippen LogP contribution in [0, 0.1) is 5.41 Å². The summed E-state index contributed by atoms with van der Waals surface area (Å²) in [6.07, 6.45) is 1.29. The lowest BCUT2D eigenvalue weighted by atomic mass is 10.2. The number of methoxy groups -OCH3 is 1. The summed E-state index contributed by atoms with van der Waals surface area (Å²) in [7, 11) is 1.45. The van der Waals surface area contributed by atoms with Crippen LogP contribution in [0.1, 0.15) is 33.6 Å². The Morgan fingerprint density at radius 3 is 2.56 bits per heavy atom. The van der Waals surface area contributed by atoms with Crippen molar-refractivity contribution in [1.29, 1.82) is 5.41 Å². The smallest absolute Gasteiger partial charge is 0.410 e. The predicted molar refractivity (Wildman–Crippen MR) is 60.7 cm³/mol. The molecule has 16 heavy (non-hydrogen) atoms. The molecule has 1 unspecified atom stereocenters. The van der Waals surface area contributed by atoms with E-state index >= 15 is 0 Å². The molecule has 0 spiro atoms. The fourth-order valence-electron chi connectivity index (χ4n) is 1.71. The Balaban J connectivity index is 2.65. The first-order valence-electron chi connectivity index (χ1n) is 5.47. The molecular formula is C11H20N2O3. The van der Waals surface area contributed by atoms with Crippen molar-refractivity contribution < 1.29 is 14.3 Å². The summed E-state index contributed by atoms with van der Waals surface area (Å²) < 4.78 is 10.2. The molecule has 1 aliphatic rings. The summed E-state index contributed by atoms with van der Waals surface area (Å²) in [6.45, 7) is 6.12. The third kappa shape index (κ3) is 3.12. The van der Waals surface area contributed by atoms with Crippen LogP contribution in [0.2, 0.25) is 0 Å². The summed E-state index contributed by atoms with van der Waals surface area (Å²) in [4.78, 5) is 13.4. The maximum Gasteiger partial charge on any atom is 0.410 e. The molecular weight excluding hydrogens is 208 g/mol. The maximum absolute atomic E-state index is 11.8. The lowest BCUT2D eigenvalue weighted by Crippen LogP contribution is -2.43. The minimum absolute atomic E-state index is 0.128. The zero-order valence-corrected chi connectivity index (χ0v) is 10.4. The molecule has 1 saturated heterocycles. The number of rotatable bonds is 1. The van der Waals surface area contributed by atoms with Gasteiger partial charge in [0.05, 0.1) is 7.11 Å². The van der Waals surface area contributed by atoms with Crippen LogP contribution in [0.5, 0.6) is 0 Å². The van der Waals surface area contributed by atoms with Gasteiger partial charge in [0.2, 0.25) is 5.90 Å². The average molecular weight is 228 g/mol. The molecule has 1 N–H and O–H groups in total. The van der Waals surface area contributed by atoms with Crippen molar-refractivity contribution in [2.45, 2.75) is 45.3 Å². The Labute approximate surface area is 96.2 Å². The fraction of sp³-hybridized carbons (Fsp3) is 0.818. The second kappa shape index (κ2) is 4.72. The highest BCUT2D eigenvalue weighted by Crippen LogP contribution is 2.21. The monoisotopic (exact) mass is 228 g/mol. The van der Waals surface area contributed by atoms with Crippen LogP contribution in [0.25, 0.3) is 0 Å². The van der Waals surface area contributed by atoms with E-state index in [0.717, 1.165) is 12.8 Å². The highest BCUT2D eigenvalue weighted by atomic mass is 16.6. The van der Waals surface area contributed by atoms with Crippen molar-refractivity contribution in [3.63, 3.8) is 0 Å². The van der Waals surface area contributed by atoms with E-state index in [9.17, 15) is 4.79 Å². The van der Waals surface area contributed by atoms with Crippen LogP contribution >= 0.6 is 0 Å². The lowest BCUT2D eigenvalue weighted by Gasteiger charge is -2.28.